The molecular weight excluding hydrogens is 327 g/mol. The molecule has 1 rings (SSSR count). The van der Waals surface area contributed by atoms with Gasteiger partial charge in [-0.1, -0.05) is 15.9 Å². The van der Waals surface area contributed by atoms with Gasteiger partial charge in [0.2, 0.25) is 0 Å². The molecule has 0 unspecified atom stereocenters. The van der Waals surface area contributed by atoms with E-state index in [4.69, 9.17) is 0 Å². The van der Waals surface area contributed by atoms with Gasteiger partial charge in [0.1, 0.15) is 5.75 Å². The highest BCUT2D eigenvalue weighted by atomic mass is 79.9. The predicted octanol–water partition coefficient (Wildman–Crippen LogP) is 4.27. The maximum absolute atomic E-state index is 12.8. The zero-order valence-corrected chi connectivity index (χ0v) is 10.4. The van der Waals surface area contributed by atoms with Crippen molar-refractivity contribution in [2.45, 2.75) is 19.7 Å². The fraction of sp³-hybridized carbons (Fsp3) is 0.300. The van der Waals surface area contributed by atoms with Crippen molar-refractivity contribution in [2.24, 2.45) is 0 Å². The number of ether oxygens (including phenoxy) is 1. The van der Waals surface area contributed by atoms with Crippen LogP contribution in [0.5, 0.6) is 5.75 Å². The zero-order chi connectivity index (χ0) is 14.1. The van der Waals surface area contributed by atoms with Crippen molar-refractivity contribution in [1.29, 1.82) is 0 Å². The predicted molar refractivity (Wildman–Crippen MR) is 55.8 cm³/mol. The molecule has 8 heteroatoms. The zero-order valence-electron chi connectivity index (χ0n) is 8.82. The van der Waals surface area contributed by atoms with Gasteiger partial charge in [-0.25, -0.2) is 0 Å². The van der Waals surface area contributed by atoms with Crippen LogP contribution in [0.25, 0.3) is 0 Å². The lowest BCUT2D eigenvalue weighted by Crippen LogP contribution is -2.16. The molecule has 18 heavy (non-hydrogen) atoms. The average molecular weight is 333 g/mol. The van der Waals surface area contributed by atoms with Crippen molar-refractivity contribution in [3.8, 4) is 5.75 Å². The summed E-state index contributed by atoms with van der Waals surface area (Å²) in [6, 6.07) is 1.77. The number of ketones is 1. The lowest BCUT2D eigenvalue weighted by Gasteiger charge is -2.16. The van der Waals surface area contributed by atoms with Crippen LogP contribution in [-0.4, -0.2) is 12.4 Å². The summed E-state index contributed by atoms with van der Waals surface area (Å²) >= 11 is 2.64. The van der Waals surface area contributed by atoms with Crippen LogP contribution < -0.4 is 4.74 Å². The minimum absolute atomic E-state index is 0.415. The second-order valence-corrected chi connectivity index (χ2v) is 4.08. The van der Waals surface area contributed by atoms with E-state index in [1.807, 2.05) is 0 Å². The number of hydrogen-bond acceptors (Lipinski definition) is 2. The summed E-state index contributed by atoms with van der Waals surface area (Å²) in [7, 11) is 0. The molecule has 0 N–H and O–H groups in total. The Morgan fingerprint density at radius 1 is 1.33 bits per heavy atom. The maximum atomic E-state index is 12.8. The molecule has 100 valence electrons. The van der Waals surface area contributed by atoms with Crippen LogP contribution in [0.3, 0.4) is 0 Å². The fourth-order valence-electron chi connectivity index (χ4n) is 1.38. The van der Waals surface area contributed by atoms with Gasteiger partial charge in [0.15, 0.2) is 5.78 Å². The standard InChI is InChI=1S/C10H6BrF5O2/c1-4(17)7-6(18-9(12)13)3-2-5(11)8(7)10(14,15)16/h2-3,9H,1H3. The Balaban J connectivity index is 3.53. The summed E-state index contributed by atoms with van der Waals surface area (Å²) in [5.41, 5.74) is -2.25. The van der Waals surface area contributed by atoms with E-state index in [2.05, 4.69) is 20.7 Å². The first kappa shape index (κ1) is 14.9. The third-order valence-corrected chi connectivity index (χ3v) is 2.63. The van der Waals surface area contributed by atoms with Crippen LogP contribution in [-0.2, 0) is 6.18 Å². The lowest BCUT2D eigenvalue weighted by molar-refractivity contribution is -0.139. The van der Waals surface area contributed by atoms with Gasteiger partial charge >= 0.3 is 12.8 Å². The van der Waals surface area contributed by atoms with Crippen molar-refractivity contribution in [3.05, 3.63) is 27.7 Å². The molecule has 0 aromatic heterocycles. The van der Waals surface area contributed by atoms with Crippen LogP contribution in [0.1, 0.15) is 22.8 Å². The summed E-state index contributed by atoms with van der Waals surface area (Å²) in [4.78, 5) is 11.2. The van der Waals surface area contributed by atoms with Gasteiger partial charge in [-0.15, -0.1) is 0 Å². The molecule has 0 bridgehead atoms. The van der Waals surface area contributed by atoms with Gasteiger partial charge in [0.05, 0.1) is 11.1 Å². The van der Waals surface area contributed by atoms with Crippen molar-refractivity contribution in [3.63, 3.8) is 0 Å². The Morgan fingerprint density at radius 2 is 1.89 bits per heavy atom. The fourth-order valence-corrected chi connectivity index (χ4v) is 1.93. The van der Waals surface area contributed by atoms with E-state index in [1.165, 1.54) is 0 Å². The highest BCUT2D eigenvalue weighted by molar-refractivity contribution is 9.10. The summed E-state index contributed by atoms with van der Waals surface area (Å²) in [5.74, 6) is -1.81. The molecule has 0 saturated heterocycles. The molecule has 0 aliphatic heterocycles. The van der Waals surface area contributed by atoms with E-state index < -0.39 is 39.9 Å². The van der Waals surface area contributed by atoms with E-state index in [9.17, 15) is 26.7 Å². The number of carbonyl (C=O) groups is 1. The molecule has 0 spiro atoms. The molecule has 0 radical (unpaired) electrons. The molecule has 0 amide bonds. The first-order chi connectivity index (χ1) is 8.14. The summed E-state index contributed by atoms with van der Waals surface area (Å²) in [5, 5.41) is 0. The molecule has 0 heterocycles. The third-order valence-electron chi connectivity index (χ3n) is 1.97. The molecule has 0 fully saturated rings. The van der Waals surface area contributed by atoms with E-state index in [0.29, 0.717) is 0 Å². The lowest BCUT2D eigenvalue weighted by atomic mass is 10.0. The van der Waals surface area contributed by atoms with E-state index in [1.54, 1.807) is 0 Å². The molecule has 0 atom stereocenters. The van der Waals surface area contributed by atoms with Gasteiger partial charge in [-0.2, -0.15) is 22.0 Å². The first-order valence-electron chi connectivity index (χ1n) is 4.50. The molecular formula is C10H6BrF5O2. The van der Waals surface area contributed by atoms with Gasteiger partial charge in [0.25, 0.3) is 0 Å². The third kappa shape index (κ3) is 3.18. The Labute approximate surface area is 107 Å². The van der Waals surface area contributed by atoms with Crippen LogP contribution >= 0.6 is 15.9 Å². The van der Waals surface area contributed by atoms with E-state index in [0.717, 1.165) is 19.1 Å². The second-order valence-electron chi connectivity index (χ2n) is 3.23. The SMILES string of the molecule is CC(=O)c1c(OC(F)F)ccc(Br)c1C(F)(F)F. The van der Waals surface area contributed by atoms with Gasteiger partial charge in [-0.3, -0.25) is 4.79 Å². The normalized spacial score (nSPS) is 11.8. The first-order valence-corrected chi connectivity index (χ1v) is 5.29. The molecule has 1 aromatic rings. The smallest absolute Gasteiger partial charge is 0.418 e. The Hall–Kier alpha value is -1.18. The number of carbonyl (C=O) groups excluding carboxylic acids is 1. The minimum Gasteiger partial charge on any atom is -0.434 e. The number of benzene rings is 1. The highest BCUT2D eigenvalue weighted by Crippen LogP contribution is 2.41. The maximum Gasteiger partial charge on any atom is 0.418 e. The van der Waals surface area contributed by atoms with Gasteiger partial charge in [0, 0.05) is 4.47 Å². The van der Waals surface area contributed by atoms with Crippen LogP contribution in [0.4, 0.5) is 22.0 Å². The van der Waals surface area contributed by atoms with E-state index >= 15 is 0 Å². The van der Waals surface area contributed by atoms with Crippen LogP contribution in [0.2, 0.25) is 0 Å². The monoisotopic (exact) mass is 332 g/mol. The Bertz CT molecular complexity index is 470. The van der Waals surface area contributed by atoms with Gasteiger partial charge in [-0.05, 0) is 19.1 Å². The summed E-state index contributed by atoms with van der Waals surface area (Å²) < 4.78 is 65.9. The second kappa shape index (κ2) is 5.21. The van der Waals surface area contributed by atoms with E-state index in [-0.39, 0.29) is 0 Å². The van der Waals surface area contributed by atoms with Crippen LogP contribution in [0, 0.1) is 0 Å². The number of alkyl halides is 5. The Kier molecular flexibility index (Phi) is 4.31. The summed E-state index contributed by atoms with van der Waals surface area (Å²) in [6.07, 6.45) is -4.86. The number of rotatable bonds is 3. The number of halogens is 6. The van der Waals surface area contributed by atoms with Crippen molar-refractivity contribution in [2.75, 3.05) is 0 Å². The molecule has 2 nitrogen and oxygen atoms in total. The highest BCUT2D eigenvalue weighted by Gasteiger charge is 2.38. The minimum atomic E-state index is -4.86. The van der Waals surface area contributed by atoms with Crippen molar-refractivity contribution in [1.82, 2.24) is 0 Å². The van der Waals surface area contributed by atoms with Crippen molar-refractivity contribution >= 4 is 21.7 Å². The topological polar surface area (TPSA) is 26.3 Å². The molecule has 0 aliphatic rings. The largest absolute Gasteiger partial charge is 0.434 e. The average Bonchev–Trinajstić information content (AvgIpc) is 2.17. The number of Topliss-reactive ketones (excluding diaryl/α,β-unsaturated/α-hetero) is 1. The number of hydrogen-bond donors (Lipinski definition) is 0. The molecule has 1 aromatic carbocycles. The quantitative estimate of drug-likeness (QED) is 0.610. The Morgan fingerprint density at radius 3 is 2.28 bits per heavy atom. The van der Waals surface area contributed by atoms with Gasteiger partial charge < -0.3 is 4.74 Å². The van der Waals surface area contributed by atoms with Crippen molar-refractivity contribution < 1.29 is 31.5 Å². The molecule has 0 saturated carbocycles. The summed E-state index contributed by atoms with van der Waals surface area (Å²) in [6.45, 7) is -2.47. The van der Waals surface area contributed by atoms with Crippen LogP contribution in [0.15, 0.2) is 16.6 Å². The molecule has 0 aliphatic carbocycles.